The van der Waals surface area contributed by atoms with Crippen molar-refractivity contribution < 1.29 is 13.5 Å². The molecule has 3 fully saturated rings. The van der Waals surface area contributed by atoms with Gasteiger partial charge in [-0.1, -0.05) is 0 Å². The van der Waals surface area contributed by atoms with Gasteiger partial charge >= 0.3 is 0 Å². The number of hydrogen-bond acceptors (Lipinski definition) is 4. The number of fused-ring (bicyclic) bond motifs is 3. The third-order valence-electron chi connectivity index (χ3n) is 4.74. The van der Waals surface area contributed by atoms with Crippen molar-refractivity contribution in [2.75, 3.05) is 19.6 Å². The molecule has 3 aliphatic heterocycles. The van der Waals surface area contributed by atoms with Crippen molar-refractivity contribution in [2.45, 2.75) is 43.9 Å². The van der Waals surface area contributed by atoms with Crippen molar-refractivity contribution in [1.29, 1.82) is 0 Å². The molecule has 0 spiro atoms. The van der Waals surface area contributed by atoms with Gasteiger partial charge in [-0.15, -0.1) is 0 Å². The number of aryl methyl sites for hydroxylation is 1. The van der Waals surface area contributed by atoms with E-state index in [0.717, 1.165) is 32.5 Å². The SMILES string of the molecule is CCn1cc(S(=O)(=O)NC2CN3CCC2CC3)cc1CO. The predicted molar refractivity (Wildman–Crippen MR) is 79.3 cm³/mol. The minimum absolute atomic E-state index is 0.0139. The zero-order chi connectivity index (χ0) is 15.0. The molecule has 0 saturated carbocycles. The molecular formula is C14H23N3O3S. The highest BCUT2D eigenvalue weighted by Crippen LogP contribution is 2.28. The maximum absolute atomic E-state index is 12.5. The molecule has 0 amide bonds. The molecule has 6 nitrogen and oxygen atoms in total. The first kappa shape index (κ1) is 15.0. The van der Waals surface area contributed by atoms with Gasteiger partial charge in [0.2, 0.25) is 10.0 Å². The van der Waals surface area contributed by atoms with E-state index in [2.05, 4.69) is 9.62 Å². The highest BCUT2D eigenvalue weighted by Gasteiger charge is 2.36. The van der Waals surface area contributed by atoms with Gasteiger partial charge in [0, 0.05) is 31.0 Å². The lowest BCUT2D eigenvalue weighted by atomic mass is 9.85. The zero-order valence-corrected chi connectivity index (χ0v) is 13.1. The first-order chi connectivity index (χ1) is 10.0. The van der Waals surface area contributed by atoms with Gasteiger partial charge in [-0.3, -0.25) is 0 Å². The van der Waals surface area contributed by atoms with Gasteiger partial charge in [0.1, 0.15) is 0 Å². The van der Waals surface area contributed by atoms with E-state index in [4.69, 9.17) is 0 Å². The van der Waals surface area contributed by atoms with Gasteiger partial charge < -0.3 is 14.6 Å². The lowest BCUT2D eigenvalue weighted by molar-refractivity contribution is 0.0827. The van der Waals surface area contributed by atoms with E-state index in [9.17, 15) is 13.5 Å². The van der Waals surface area contributed by atoms with Gasteiger partial charge in [-0.25, -0.2) is 13.1 Å². The van der Waals surface area contributed by atoms with Crippen LogP contribution in [0.15, 0.2) is 17.2 Å². The van der Waals surface area contributed by atoms with Crippen molar-refractivity contribution in [2.24, 2.45) is 5.92 Å². The fourth-order valence-electron chi connectivity index (χ4n) is 3.46. The third-order valence-corrected chi connectivity index (χ3v) is 6.19. The van der Waals surface area contributed by atoms with E-state index in [-0.39, 0.29) is 17.5 Å². The predicted octanol–water partition coefficient (Wildman–Crippen LogP) is 0.373. The second-order valence-corrected chi connectivity index (χ2v) is 7.69. The van der Waals surface area contributed by atoms with Crippen molar-refractivity contribution in [1.82, 2.24) is 14.2 Å². The van der Waals surface area contributed by atoms with Gasteiger partial charge in [0.25, 0.3) is 0 Å². The summed E-state index contributed by atoms with van der Waals surface area (Å²) >= 11 is 0. The lowest BCUT2D eigenvalue weighted by Crippen LogP contribution is -2.57. The monoisotopic (exact) mass is 313 g/mol. The molecule has 3 aliphatic rings. The molecular weight excluding hydrogens is 290 g/mol. The number of rotatable bonds is 5. The van der Waals surface area contributed by atoms with Gasteiger partial charge in [0.05, 0.1) is 11.5 Å². The molecule has 3 saturated heterocycles. The molecule has 7 heteroatoms. The molecule has 0 radical (unpaired) electrons. The highest BCUT2D eigenvalue weighted by molar-refractivity contribution is 7.89. The molecule has 1 unspecified atom stereocenters. The highest BCUT2D eigenvalue weighted by atomic mass is 32.2. The van der Waals surface area contributed by atoms with Crippen LogP contribution in [-0.4, -0.2) is 48.7 Å². The Hall–Kier alpha value is -0.890. The maximum atomic E-state index is 12.5. The molecule has 0 aromatic carbocycles. The Morgan fingerprint density at radius 3 is 2.57 bits per heavy atom. The lowest BCUT2D eigenvalue weighted by Gasteiger charge is -2.44. The molecule has 118 valence electrons. The topological polar surface area (TPSA) is 74.6 Å². The van der Waals surface area contributed by atoms with E-state index < -0.39 is 10.0 Å². The average molecular weight is 313 g/mol. The number of nitrogens with one attached hydrogen (secondary N) is 1. The standard InChI is InChI=1S/C14H23N3O3S/c1-2-17-8-13(7-12(17)10-18)21(19,20)15-14-9-16-5-3-11(14)4-6-16/h7-8,11,14-15,18H,2-6,9-10H2,1H3. The first-order valence-corrected chi connectivity index (χ1v) is 9.06. The normalized spacial score (nSPS) is 29.0. The Balaban J connectivity index is 1.79. The summed E-state index contributed by atoms with van der Waals surface area (Å²) in [5, 5.41) is 9.29. The van der Waals surface area contributed by atoms with Gasteiger partial charge in [-0.05, 0) is 44.8 Å². The smallest absolute Gasteiger partial charge is 0.242 e. The van der Waals surface area contributed by atoms with Gasteiger partial charge in [0.15, 0.2) is 0 Å². The molecule has 0 aliphatic carbocycles. The molecule has 1 atom stereocenters. The molecule has 1 aromatic rings. The molecule has 2 bridgehead atoms. The van der Waals surface area contributed by atoms with Crippen LogP contribution in [-0.2, 0) is 23.2 Å². The Bertz CT molecular complexity index is 581. The number of piperidine rings is 3. The fourth-order valence-corrected chi connectivity index (χ4v) is 4.82. The quantitative estimate of drug-likeness (QED) is 0.824. The molecule has 2 N–H and O–H groups in total. The second kappa shape index (κ2) is 5.72. The number of aromatic nitrogens is 1. The maximum Gasteiger partial charge on any atom is 0.242 e. The summed E-state index contributed by atoms with van der Waals surface area (Å²) in [6, 6.07) is 1.58. The minimum Gasteiger partial charge on any atom is -0.390 e. The number of aliphatic hydroxyl groups excluding tert-OH is 1. The Morgan fingerprint density at radius 2 is 2.10 bits per heavy atom. The van der Waals surface area contributed by atoms with Crippen molar-refractivity contribution in [3.63, 3.8) is 0 Å². The van der Waals surface area contributed by atoms with Crippen LogP contribution < -0.4 is 4.72 Å². The largest absolute Gasteiger partial charge is 0.390 e. The van der Waals surface area contributed by atoms with Crippen LogP contribution in [0.2, 0.25) is 0 Å². The van der Waals surface area contributed by atoms with Crippen LogP contribution in [0.5, 0.6) is 0 Å². The fraction of sp³-hybridized carbons (Fsp3) is 0.714. The number of sulfonamides is 1. The van der Waals surface area contributed by atoms with E-state index in [1.54, 1.807) is 16.8 Å². The molecule has 4 heterocycles. The summed E-state index contributed by atoms with van der Waals surface area (Å²) in [7, 11) is -3.51. The van der Waals surface area contributed by atoms with Gasteiger partial charge in [-0.2, -0.15) is 0 Å². The summed E-state index contributed by atoms with van der Waals surface area (Å²) in [5.74, 6) is 0.454. The summed E-state index contributed by atoms with van der Waals surface area (Å²) in [6.45, 7) is 5.41. The number of nitrogens with zero attached hydrogens (tertiary/aromatic N) is 2. The Kier molecular flexibility index (Phi) is 4.09. The third kappa shape index (κ3) is 2.88. The van der Waals surface area contributed by atoms with Crippen LogP contribution >= 0.6 is 0 Å². The van der Waals surface area contributed by atoms with Crippen molar-refractivity contribution in [3.05, 3.63) is 18.0 Å². The zero-order valence-electron chi connectivity index (χ0n) is 12.3. The van der Waals surface area contributed by atoms with Crippen LogP contribution in [0, 0.1) is 5.92 Å². The number of hydrogen-bond donors (Lipinski definition) is 2. The van der Waals surface area contributed by atoms with Crippen molar-refractivity contribution >= 4 is 10.0 Å². The van der Waals surface area contributed by atoms with Crippen molar-refractivity contribution in [3.8, 4) is 0 Å². The van der Waals surface area contributed by atoms with Crippen LogP contribution in [0.4, 0.5) is 0 Å². The van der Waals surface area contributed by atoms with E-state index in [1.807, 2.05) is 6.92 Å². The first-order valence-electron chi connectivity index (χ1n) is 7.58. The van der Waals surface area contributed by atoms with E-state index in [1.165, 1.54) is 0 Å². The molecule has 1 aromatic heterocycles. The van der Waals surface area contributed by atoms with Crippen LogP contribution in [0.25, 0.3) is 0 Å². The summed E-state index contributed by atoms with van der Waals surface area (Å²) in [5.41, 5.74) is 0.631. The molecule has 21 heavy (non-hydrogen) atoms. The van der Waals surface area contributed by atoms with E-state index in [0.29, 0.717) is 18.2 Å². The minimum atomic E-state index is -3.51. The van der Waals surface area contributed by atoms with E-state index >= 15 is 0 Å². The summed E-state index contributed by atoms with van der Waals surface area (Å²) < 4.78 is 29.7. The second-order valence-electron chi connectivity index (χ2n) is 5.98. The number of aliphatic hydroxyl groups is 1. The summed E-state index contributed by atoms with van der Waals surface area (Å²) in [6.07, 6.45) is 3.76. The summed E-state index contributed by atoms with van der Waals surface area (Å²) in [4.78, 5) is 2.58. The Morgan fingerprint density at radius 1 is 1.38 bits per heavy atom. The molecule has 4 rings (SSSR count). The van der Waals surface area contributed by atoms with Crippen LogP contribution in [0.3, 0.4) is 0 Å². The average Bonchev–Trinajstić information content (AvgIpc) is 2.92. The van der Waals surface area contributed by atoms with Crippen LogP contribution in [0.1, 0.15) is 25.5 Å². The Labute approximate surface area is 125 Å².